The molecule has 0 saturated carbocycles. The second-order valence-corrected chi connectivity index (χ2v) is 8.88. The number of rotatable bonds is 10. The first kappa shape index (κ1) is 27.8. The molecule has 0 spiro atoms. The van der Waals surface area contributed by atoms with Gasteiger partial charge in [0.15, 0.2) is 0 Å². The number of anilines is 2. The van der Waals surface area contributed by atoms with Crippen molar-refractivity contribution in [1.29, 1.82) is 0 Å². The first-order valence-electron chi connectivity index (χ1n) is 12.2. The van der Waals surface area contributed by atoms with Gasteiger partial charge in [0.05, 0.1) is 27.2 Å². The van der Waals surface area contributed by atoms with Crippen LogP contribution in [-0.4, -0.2) is 63.3 Å². The highest BCUT2D eigenvalue weighted by atomic mass is 19.4. The molecule has 0 radical (unpaired) electrons. The smallest absolute Gasteiger partial charge is 0.497 e. The van der Waals surface area contributed by atoms with Crippen molar-refractivity contribution in [3.63, 3.8) is 0 Å². The number of carbonyl (C=O) groups excluding carboxylic acids is 1. The first-order valence-corrected chi connectivity index (χ1v) is 12.2. The van der Waals surface area contributed by atoms with Crippen LogP contribution >= 0.6 is 0 Å². The number of nitrogens with one attached hydrogen (secondary N) is 1. The van der Waals surface area contributed by atoms with Gasteiger partial charge in [0.2, 0.25) is 0 Å². The monoisotopic (exact) mass is 546 g/mol. The standard InChI is InChI=1S/C27H29F3N4O5/c1-36-19-10-6-18(7-11-19)21-15-34(16-22(21)25(35)37-2)24-14-23(32-26(33-24)38-3)31-13-12-17-4-8-20(9-5-17)39-27(28,29)30/h4-11,14,21-22H,12-13,15-16H2,1-3H3,(H,31,32,33). The van der Waals surface area contributed by atoms with Gasteiger partial charge in [-0.15, -0.1) is 13.2 Å². The topological polar surface area (TPSA) is 95.0 Å². The molecule has 2 unspecified atom stereocenters. The van der Waals surface area contributed by atoms with Gasteiger partial charge in [0.25, 0.3) is 0 Å². The summed E-state index contributed by atoms with van der Waals surface area (Å²) in [6.45, 7) is 1.38. The zero-order valence-corrected chi connectivity index (χ0v) is 21.7. The Morgan fingerprint density at radius 2 is 1.67 bits per heavy atom. The predicted octanol–water partition coefficient (Wildman–Crippen LogP) is 4.44. The number of ether oxygens (including phenoxy) is 4. The molecule has 39 heavy (non-hydrogen) atoms. The molecule has 2 heterocycles. The summed E-state index contributed by atoms with van der Waals surface area (Å²) in [6, 6.07) is 15.2. The largest absolute Gasteiger partial charge is 0.573 e. The summed E-state index contributed by atoms with van der Waals surface area (Å²) in [7, 11) is 4.44. The van der Waals surface area contributed by atoms with Crippen molar-refractivity contribution in [3.8, 4) is 17.5 Å². The fraction of sp³-hybridized carbons (Fsp3) is 0.370. The summed E-state index contributed by atoms with van der Waals surface area (Å²) < 4.78 is 56.7. The Bertz CT molecular complexity index is 1260. The van der Waals surface area contributed by atoms with Crippen molar-refractivity contribution in [3.05, 3.63) is 65.7 Å². The molecule has 2 aromatic carbocycles. The molecule has 2 atom stereocenters. The van der Waals surface area contributed by atoms with E-state index in [1.807, 2.05) is 29.2 Å². The minimum absolute atomic E-state index is 0.120. The van der Waals surface area contributed by atoms with Gasteiger partial charge in [0.1, 0.15) is 23.1 Å². The van der Waals surface area contributed by atoms with Gasteiger partial charge in [-0.2, -0.15) is 9.97 Å². The zero-order valence-electron chi connectivity index (χ0n) is 21.7. The maximum Gasteiger partial charge on any atom is 0.573 e. The fourth-order valence-corrected chi connectivity index (χ4v) is 4.52. The Morgan fingerprint density at radius 3 is 2.28 bits per heavy atom. The lowest BCUT2D eigenvalue weighted by molar-refractivity contribution is -0.274. The van der Waals surface area contributed by atoms with Crippen LogP contribution in [0.15, 0.2) is 54.6 Å². The second kappa shape index (κ2) is 12.1. The Labute approximate surface area is 223 Å². The average molecular weight is 547 g/mol. The summed E-state index contributed by atoms with van der Waals surface area (Å²) >= 11 is 0. The molecule has 12 heteroatoms. The lowest BCUT2D eigenvalue weighted by Crippen LogP contribution is -2.25. The third-order valence-electron chi connectivity index (χ3n) is 6.44. The van der Waals surface area contributed by atoms with Crippen molar-refractivity contribution in [2.45, 2.75) is 18.7 Å². The minimum Gasteiger partial charge on any atom is -0.497 e. The molecular weight excluding hydrogens is 517 g/mol. The average Bonchev–Trinajstić information content (AvgIpc) is 3.38. The summed E-state index contributed by atoms with van der Waals surface area (Å²) in [4.78, 5) is 23.5. The van der Waals surface area contributed by atoms with Crippen LogP contribution in [0.2, 0.25) is 0 Å². The van der Waals surface area contributed by atoms with Crippen LogP contribution in [0, 0.1) is 5.92 Å². The number of hydrogen-bond donors (Lipinski definition) is 1. The van der Waals surface area contributed by atoms with E-state index in [0.29, 0.717) is 37.7 Å². The van der Waals surface area contributed by atoms with Gasteiger partial charge in [-0.1, -0.05) is 24.3 Å². The van der Waals surface area contributed by atoms with Crippen molar-refractivity contribution < 1.29 is 36.9 Å². The van der Waals surface area contributed by atoms with E-state index in [-0.39, 0.29) is 23.6 Å². The number of aromatic nitrogens is 2. The SMILES string of the molecule is COC(=O)C1CN(c2cc(NCCc3ccc(OC(F)(F)F)cc3)nc(OC)n2)CC1c1ccc(OC)cc1. The summed E-state index contributed by atoms with van der Waals surface area (Å²) in [5, 5.41) is 3.21. The molecule has 1 aliphatic rings. The number of esters is 1. The van der Waals surface area contributed by atoms with Crippen molar-refractivity contribution in [2.24, 2.45) is 5.92 Å². The van der Waals surface area contributed by atoms with Gasteiger partial charge in [-0.3, -0.25) is 4.79 Å². The second-order valence-electron chi connectivity index (χ2n) is 8.88. The molecule has 0 amide bonds. The number of benzene rings is 2. The van der Waals surface area contributed by atoms with Crippen LogP contribution in [-0.2, 0) is 16.0 Å². The molecule has 1 fully saturated rings. The third-order valence-corrected chi connectivity index (χ3v) is 6.44. The normalized spacial score (nSPS) is 17.0. The molecule has 0 bridgehead atoms. The molecule has 208 valence electrons. The van der Waals surface area contributed by atoms with Crippen LogP contribution in [0.25, 0.3) is 0 Å². The molecule has 0 aliphatic carbocycles. The highest BCUT2D eigenvalue weighted by Crippen LogP contribution is 2.37. The Kier molecular flexibility index (Phi) is 8.62. The summed E-state index contributed by atoms with van der Waals surface area (Å²) in [5.41, 5.74) is 1.81. The van der Waals surface area contributed by atoms with Gasteiger partial charge < -0.3 is 29.2 Å². The molecule has 1 saturated heterocycles. The maximum absolute atomic E-state index is 12.6. The molecule has 9 nitrogen and oxygen atoms in total. The van der Waals surface area contributed by atoms with E-state index in [4.69, 9.17) is 14.2 Å². The number of hydrogen-bond acceptors (Lipinski definition) is 9. The number of halogens is 3. The highest BCUT2D eigenvalue weighted by Gasteiger charge is 2.40. The minimum atomic E-state index is -4.73. The molecule has 1 aliphatic heterocycles. The van der Waals surface area contributed by atoms with Crippen LogP contribution < -0.4 is 24.4 Å². The van der Waals surface area contributed by atoms with E-state index < -0.39 is 12.3 Å². The summed E-state index contributed by atoms with van der Waals surface area (Å²) in [6.07, 6.45) is -4.20. The quantitative estimate of drug-likeness (QED) is 0.371. The zero-order chi connectivity index (χ0) is 28.0. The van der Waals surface area contributed by atoms with E-state index in [1.54, 1.807) is 25.3 Å². The Hall–Kier alpha value is -4.22. The number of alkyl halides is 3. The van der Waals surface area contributed by atoms with Gasteiger partial charge >= 0.3 is 18.3 Å². The van der Waals surface area contributed by atoms with Gasteiger partial charge in [0, 0.05) is 31.6 Å². The molecule has 1 aromatic heterocycles. The lowest BCUT2D eigenvalue weighted by Gasteiger charge is -2.19. The fourth-order valence-electron chi connectivity index (χ4n) is 4.52. The van der Waals surface area contributed by atoms with E-state index in [1.165, 1.54) is 26.4 Å². The highest BCUT2D eigenvalue weighted by molar-refractivity contribution is 5.76. The van der Waals surface area contributed by atoms with Crippen LogP contribution in [0.3, 0.4) is 0 Å². The molecule has 1 N–H and O–H groups in total. The van der Waals surface area contributed by atoms with Crippen LogP contribution in [0.5, 0.6) is 17.5 Å². The predicted molar refractivity (Wildman–Crippen MR) is 137 cm³/mol. The maximum atomic E-state index is 12.6. The van der Waals surface area contributed by atoms with E-state index in [0.717, 1.165) is 16.9 Å². The van der Waals surface area contributed by atoms with E-state index in [2.05, 4.69) is 20.0 Å². The van der Waals surface area contributed by atoms with Crippen LogP contribution in [0.1, 0.15) is 17.0 Å². The molecular formula is C27H29F3N4O5. The number of nitrogens with zero attached hydrogens (tertiary/aromatic N) is 3. The molecule has 4 rings (SSSR count). The number of methoxy groups -OCH3 is 3. The summed E-state index contributed by atoms with van der Waals surface area (Å²) in [5.74, 6) is 0.733. The Morgan fingerprint density at radius 1 is 0.974 bits per heavy atom. The van der Waals surface area contributed by atoms with Crippen LogP contribution in [0.4, 0.5) is 24.8 Å². The van der Waals surface area contributed by atoms with Crippen molar-refractivity contribution >= 4 is 17.6 Å². The lowest BCUT2D eigenvalue weighted by atomic mass is 9.89. The van der Waals surface area contributed by atoms with Gasteiger partial charge in [-0.05, 0) is 41.8 Å². The van der Waals surface area contributed by atoms with E-state index in [9.17, 15) is 18.0 Å². The van der Waals surface area contributed by atoms with E-state index >= 15 is 0 Å². The van der Waals surface area contributed by atoms with Crippen molar-refractivity contribution in [1.82, 2.24) is 9.97 Å². The first-order chi connectivity index (χ1) is 18.7. The third kappa shape index (κ3) is 7.21. The molecule has 3 aromatic rings. The van der Waals surface area contributed by atoms with Gasteiger partial charge in [-0.25, -0.2) is 0 Å². The Balaban J connectivity index is 1.46. The number of carbonyl (C=O) groups is 1. The van der Waals surface area contributed by atoms with Crippen molar-refractivity contribution in [2.75, 3.05) is 51.2 Å².